The highest BCUT2D eigenvalue weighted by molar-refractivity contribution is 6.41. The molecule has 4 aromatic rings. The number of aryl methyl sites for hydroxylation is 1. The lowest BCUT2D eigenvalue weighted by atomic mass is 9.96. The van der Waals surface area contributed by atoms with Crippen LogP contribution in [0.15, 0.2) is 72.8 Å². The summed E-state index contributed by atoms with van der Waals surface area (Å²) in [7, 11) is 0. The van der Waals surface area contributed by atoms with Crippen LogP contribution in [0.2, 0.25) is 5.02 Å². The van der Waals surface area contributed by atoms with Crippen LogP contribution in [0.3, 0.4) is 0 Å². The number of rotatable bonds is 4. The van der Waals surface area contributed by atoms with Crippen molar-refractivity contribution in [3.05, 3.63) is 88.9 Å². The minimum atomic E-state index is -0.109. The van der Waals surface area contributed by atoms with E-state index in [2.05, 4.69) is 17.4 Å². The topological polar surface area (TPSA) is 32.3 Å². The number of carbonyl (C=O) groups excluding carboxylic acids is 1. The summed E-state index contributed by atoms with van der Waals surface area (Å²) < 4.78 is 0. The van der Waals surface area contributed by atoms with Crippen LogP contribution >= 0.6 is 11.6 Å². The third-order valence-electron chi connectivity index (χ3n) is 5.58. The smallest absolute Gasteiger partial charge is 0.318 e. The van der Waals surface area contributed by atoms with Gasteiger partial charge < -0.3 is 10.2 Å². The van der Waals surface area contributed by atoms with Gasteiger partial charge in [-0.2, -0.15) is 0 Å². The molecule has 4 heteroatoms. The van der Waals surface area contributed by atoms with Crippen molar-refractivity contribution in [3.8, 4) is 0 Å². The Hall–Kier alpha value is -3.04. The van der Waals surface area contributed by atoms with Gasteiger partial charge in [-0.15, -0.1) is 0 Å². The maximum atomic E-state index is 13.2. The molecular weight excluding hydrogens is 392 g/mol. The van der Waals surface area contributed by atoms with E-state index in [0.29, 0.717) is 6.54 Å². The van der Waals surface area contributed by atoms with Gasteiger partial charge in [0.05, 0.1) is 5.02 Å². The number of carbonyl (C=O) groups is 1. The van der Waals surface area contributed by atoms with Crippen LogP contribution < -0.4 is 5.32 Å². The predicted octanol–water partition coefficient (Wildman–Crippen LogP) is 7.40. The van der Waals surface area contributed by atoms with E-state index in [0.717, 1.165) is 43.4 Å². The molecule has 4 rings (SSSR count). The minimum Gasteiger partial charge on any atom is -0.318 e. The summed E-state index contributed by atoms with van der Waals surface area (Å²) in [5, 5.41) is 8.01. The van der Waals surface area contributed by atoms with Crippen LogP contribution in [-0.4, -0.2) is 17.0 Å². The standard InChI is InChI=1S/C26H25ClN2O/c1-17(2)29(26(30)28-24-15-9-4-10-18(24)3)16-23-19-11-5-7-13-21(19)25(27)22-14-8-6-12-20(22)23/h4-15,17H,16H2,1-3H3,(H,28,30). The summed E-state index contributed by atoms with van der Waals surface area (Å²) in [5.74, 6) is 0. The lowest BCUT2D eigenvalue weighted by Crippen LogP contribution is -2.39. The number of hydrogen-bond donors (Lipinski definition) is 1. The Kier molecular flexibility index (Phi) is 5.65. The van der Waals surface area contributed by atoms with Crippen molar-refractivity contribution < 1.29 is 4.79 Å². The normalized spacial score (nSPS) is 11.2. The Labute approximate surface area is 182 Å². The molecule has 0 atom stereocenters. The number of amides is 2. The molecule has 3 nitrogen and oxygen atoms in total. The summed E-state index contributed by atoms with van der Waals surface area (Å²) in [6.07, 6.45) is 0. The number of urea groups is 1. The fourth-order valence-electron chi connectivity index (χ4n) is 3.90. The van der Waals surface area contributed by atoms with E-state index in [4.69, 9.17) is 11.6 Å². The first-order chi connectivity index (χ1) is 14.5. The highest BCUT2D eigenvalue weighted by Gasteiger charge is 2.21. The van der Waals surface area contributed by atoms with Gasteiger partial charge in [-0.05, 0) is 48.7 Å². The first-order valence-corrected chi connectivity index (χ1v) is 10.6. The molecule has 0 aromatic heterocycles. The van der Waals surface area contributed by atoms with E-state index in [-0.39, 0.29) is 12.1 Å². The van der Waals surface area contributed by atoms with E-state index in [9.17, 15) is 4.79 Å². The molecule has 0 radical (unpaired) electrons. The zero-order valence-corrected chi connectivity index (χ0v) is 18.2. The molecule has 152 valence electrons. The largest absolute Gasteiger partial charge is 0.322 e. The third-order valence-corrected chi connectivity index (χ3v) is 5.98. The second-order valence-corrected chi connectivity index (χ2v) is 8.23. The molecule has 0 aliphatic heterocycles. The van der Waals surface area contributed by atoms with Crippen LogP contribution in [0.1, 0.15) is 25.0 Å². The average molecular weight is 417 g/mol. The van der Waals surface area contributed by atoms with Crippen molar-refractivity contribution in [1.82, 2.24) is 4.90 Å². The molecule has 0 saturated carbocycles. The molecule has 2 amide bonds. The average Bonchev–Trinajstić information content (AvgIpc) is 2.75. The van der Waals surface area contributed by atoms with Crippen molar-refractivity contribution in [1.29, 1.82) is 0 Å². The Morgan fingerprint density at radius 2 is 1.37 bits per heavy atom. The van der Waals surface area contributed by atoms with Crippen molar-refractivity contribution >= 4 is 44.9 Å². The molecule has 0 saturated heterocycles. The Bertz CT molecular complexity index is 1180. The molecule has 0 spiro atoms. The number of nitrogens with zero attached hydrogens (tertiary/aromatic N) is 1. The number of benzene rings is 4. The van der Waals surface area contributed by atoms with Crippen LogP contribution in [0, 0.1) is 6.92 Å². The van der Waals surface area contributed by atoms with Gasteiger partial charge in [-0.3, -0.25) is 0 Å². The predicted molar refractivity (Wildman–Crippen MR) is 127 cm³/mol. The number of para-hydroxylation sites is 1. The van der Waals surface area contributed by atoms with Gasteiger partial charge in [0.15, 0.2) is 0 Å². The highest BCUT2D eigenvalue weighted by Crippen LogP contribution is 2.37. The summed E-state index contributed by atoms with van der Waals surface area (Å²) in [6.45, 7) is 6.57. The number of fused-ring (bicyclic) bond motifs is 2. The van der Waals surface area contributed by atoms with Crippen molar-refractivity contribution in [2.24, 2.45) is 0 Å². The third kappa shape index (κ3) is 3.73. The van der Waals surface area contributed by atoms with Gasteiger partial charge in [0.2, 0.25) is 0 Å². The van der Waals surface area contributed by atoms with Gasteiger partial charge in [0.25, 0.3) is 0 Å². The second kappa shape index (κ2) is 8.37. The van der Waals surface area contributed by atoms with Gasteiger partial charge in [0, 0.05) is 29.0 Å². The van der Waals surface area contributed by atoms with Crippen molar-refractivity contribution in [2.45, 2.75) is 33.4 Å². The first kappa shape index (κ1) is 20.2. The van der Waals surface area contributed by atoms with E-state index in [1.807, 2.05) is 86.3 Å². The summed E-state index contributed by atoms with van der Waals surface area (Å²) in [6, 6.07) is 24.0. The molecule has 0 heterocycles. The quantitative estimate of drug-likeness (QED) is 0.345. The highest BCUT2D eigenvalue weighted by atomic mass is 35.5. The molecule has 4 aromatic carbocycles. The van der Waals surface area contributed by atoms with Crippen molar-refractivity contribution in [3.63, 3.8) is 0 Å². The monoisotopic (exact) mass is 416 g/mol. The number of anilines is 1. The Balaban J connectivity index is 1.79. The molecule has 0 fully saturated rings. The maximum absolute atomic E-state index is 13.2. The van der Waals surface area contributed by atoms with E-state index in [1.54, 1.807) is 0 Å². The number of nitrogens with one attached hydrogen (secondary N) is 1. The van der Waals surface area contributed by atoms with Crippen LogP contribution in [0.5, 0.6) is 0 Å². The number of halogens is 1. The zero-order chi connectivity index (χ0) is 21.3. The summed E-state index contributed by atoms with van der Waals surface area (Å²) >= 11 is 6.74. The molecule has 0 aliphatic carbocycles. The SMILES string of the molecule is Cc1ccccc1NC(=O)N(Cc1c2ccccc2c(Cl)c2ccccc12)C(C)C. The lowest BCUT2D eigenvalue weighted by Gasteiger charge is -2.29. The number of hydrogen-bond acceptors (Lipinski definition) is 1. The van der Waals surface area contributed by atoms with Crippen molar-refractivity contribution in [2.75, 3.05) is 5.32 Å². The summed E-state index contributed by atoms with van der Waals surface area (Å²) in [5.41, 5.74) is 2.98. The van der Waals surface area contributed by atoms with Gasteiger partial charge in [0.1, 0.15) is 0 Å². The molecule has 1 N–H and O–H groups in total. The van der Waals surface area contributed by atoms with E-state index in [1.165, 1.54) is 0 Å². The van der Waals surface area contributed by atoms with Crippen LogP contribution in [0.25, 0.3) is 21.5 Å². The van der Waals surface area contributed by atoms with E-state index < -0.39 is 0 Å². The maximum Gasteiger partial charge on any atom is 0.322 e. The Morgan fingerprint density at radius 1 is 0.867 bits per heavy atom. The fraction of sp³-hybridized carbons (Fsp3) is 0.192. The zero-order valence-electron chi connectivity index (χ0n) is 17.4. The minimum absolute atomic E-state index is 0.0298. The second-order valence-electron chi connectivity index (χ2n) is 7.85. The lowest BCUT2D eigenvalue weighted by molar-refractivity contribution is 0.194. The fourth-order valence-corrected chi connectivity index (χ4v) is 4.22. The molecular formula is C26H25ClN2O. The summed E-state index contributed by atoms with van der Waals surface area (Å²) in [4.78, 5) is 15.1. The van der Waals surface area contributed by atoms with Gasteiger partial charge >= 0.3 is 6.03 Å². The van der Waals surface area contributed by atoms with E-state index >= 15 is 0 Å². The molecule has 0 bridgehead atoms. The van der Waals surface area contributed by atoms with Gasteiger partial charge in [-0.25, -0.2) is 4.79 Å². The van der Waals surface area contributed by atoms with Crippen LogP contribution in [-0.2, 0) is 6.54 Å². The Morgan fingerprint density at radius 3 is 1.90 bits per heavy atom. The van der Waals surface area contributed by atoms with Crippen LogP contribution in [0.4, 0.5) is 10.5 Å². The molecule has 30 heavy (non-hydrogen) atoms. The molecule has 0 aliphatic rings. The molecule has 0 unspecified atom stereocenters. The first-order valence-electron chi connectivity index (χ1n) is 10.2. The van der Waals surface area contributed by atoms with Gasteiger partial charge in [-0.1, -0.05) is 78.3 Å².